The molecule has 3 nitrogen and oxygen atoms in total. The number of hydrogen-bond donors (Lipinski definition) is 1. The highest BCUT2D eigenvalue weighted by atomic mass is 16.3. The van der Waals surface area contributed by atoms with E-state index in [4.69, 9.17) is 0 Å². The molecule has 1 N–H and O–H groups in total. The summed E-state index contributed by atoms with van der Waals surface area (Å²) in [6.45, 7) is 9.81. The van der Waals surface area contributed by atoms with Crippen LogP contribution in [0.3, 0.4) is 0 Å². The fourth-order valence-electron chi connectivity index (χ4n) is 2.45. The molecule has 1 heterocycles. The first-order valence-corrected chi connectivity index (χ1v) is 6.17. The Morgan fingerprint density at radius 2 is 2.00 bits per heavy atom. The monoisotopic (exact) mass is 214 g/mol. The van der Waals surface area contributed by atoms with Crippen LogP contribution in [-0.4, -0.2) is 59.8 Å². The summed E-state index contributed by atoms with van der Waals surface area (Å²) in [5.41, 5.74) is 0. The van der Waals surface area contributed by atoms with Gasteiger partial charge >= 0.3 is 0 Å². The van der Waals surface area contributed by atoms with Crippen molar-refractivity contribution in [1.29, 1.82) is 0 Å². The van der Waals surface area contributed by atoms with Crippen molar-refractivity contribution in [3.63, 3.8) is 0 Å². The average molecular weight is 214 g/mol. The Kier molecular flexibility index (Phi) is 5.03. The van der Waals surface area contributed by atoms with E-state index in [1.54, 1.807) is 0 Å². The molecule has 1 rings (SSSR count). The molecule has 1 aliphatic rings. The minimum absolute atomic E-state index is 0.181. The van der Waals surface area contributed by atoms with E-state index in [-0.39, 0.29) is 6.10 Å². The maximum atomic E-state index is 9.39. The molecule has 0 aromatic heterocycles. The van der Waals surface area contributed by atoms with Crippen molar-refractivity contribution in [3.8, 4) is 0 Å². The Morgan fingerprint density at radius 1 is 1.33 bits per heavy atom. The predicted molar refractivity (Wildman–Crippen MR) is 64.0 cm³/mol. The Hall–Kier alpha value is -0.120. The number of nitrogens with zero attached hydrogens (tertiary/aromatic N) is 2. The molecule has 0 aliphatic carbocycles. The van der Waals surface area contributed by atoms with Gasteiger partial charge in [-0.1, -0.05) is 6.92 Å². The number of aliphatic hydroxyl groups excluding tert-OH is 1. The summed E-state index contributed by atoms with van der Waals surface area (Å²) in [5.74, 6) is 0. The van der Waals surface area contributed by atoms with Crippen molar-refractivity contribution in [3.05, 3.63) is 0 Å². The highest BCUT2D eigenvalue weighted by molar-refractivity contribution is 4.82. The zero-order valence-electron chi connectivity index (χ0n) is 10.6. The summed E-state index contributed by atoms with van der Waals surface area (Å²) >= 11 is 0. The van der Waals surface area contributed by atoms with E-state index in [1.165, 1.54) is 6.42 Å². The molecule has 1 aliphatic heterocycles. The van der Waals surface area contributed by atoms with E-state index < -0.39 is 0 Å². The molecule has 0 aromatic rings. The Labute approximate surface area is 94.1 Å². The van der Waals surface area contributed by atoms with E-state index in [0.717, 1.165) is 26.1 Å². The molecule has 3 heteroatoms. The van der Waals surface area contributed by atoms with Gasteiger partial charge in [0.1, 0.15) is 0 Å². The molecule has 0 bridgehead atoms. The fraction of sp³-hybridized carbons (Fsp3) is 1.00. The lowest BCUT2D eigenvalue weighted by Gasteiger charge is -2.42. The number of likely N-dealkylation sites (N-methyl/N-ethyl adjacent to an activating group) is 1. The fourth-order valence-corrected chi connectivity index (χ4v) is 2.45. The lowest BCUT2D eigenvalue weighted by atomic mass is 10.1. The average Bonchev–Trinajstić information content (AvgIpc) is 2.17. The molecule has 0 saturated carbocycles. The molecule has 3 unspecified atom stereocenters. The summed E-state index contributed by atoms with van der Waals surface area (Å²) < 4.78 is 0. The van der Waals surface area contributed by atoms with Crippen LogP contribution < -0.4 is 0 Å². The largest absolute Gasteiger partial charge is 0.393 e. The standard InChI is InChI=1S/C12H26N2O/c1-5-12-9-14(7-6-13(12)4)10(2)8-11(3)15/h10-12,15H,5-9H2,1-4H3. The van der Waals surface area contributed by atoms with E-state index >= 15 is 0 Å². The van der Waals surface area contributed by atoms with Crippen LogP contribution in [-0.2, 0) is 0 Å². The van der Waals surface area contributed by atoms with Gasteiger partial charge in [-0.05, 0) is 33.7 Å². The van der Waals surface area contributed by atoms with E-state index in [9.17, 15) is 5.11 Å². The summed E-state index contributed by atoms with van der Waals surface area (Å²) in [4.78, 5) is 4.96. The van der Waals surface area contributed by atoms with Gasteiger partial charge in [-0.25, -0.2) is 0 Å². The van der Waals surface area contributed by atoms with Crippen molar-refractivity contribution in [1.82, 2.24) is 9.80 Å². The number of aliphatic hydroxyl groups is 1. The van der Waals surface area contributed by atoms with E-state index in [2.05, 4.69) is 30.7 Å². The zero-order valence-corrected chi connectivity index (χ0v) is 10.6. The normalized spacial score (nSPS) is 29.0. The van der Waals surface area contributed by atoms with Gasteiger partial charge in [-0.3, -0.25) is 4.90 Å². The Morgan fingerprint density at radius 3 is 2.53 bits per heavy atom. The Bertz CT molecular complexity index is 184. The molecular formula is C12H26N2O. The molecule has 0 radical (unpaired) electrons. The van der Waals surface area contributed by atoms with Crippen molar-refractivity contribution in [2.75, 3.05) is 26.7 Å². The molecular weight excluding hydrogens is 188 g/mol. The van der Waals surface area contributed by atoms with E-state index in [0.29, 0.717) is 12.1 Å². The number of rotatable bonds is 4. The van der Waals surface area contributed by atoms with Crippen LogP contribution in [0.5, 0.6) is 0 Å². The number of piperazine rings is 1. The highest BCUT2D eigenvalue weighted by Gasteiger charge is 2.26. The van der Waals surface area contributed by atoms with Crippen LogP contribution in [0.15, 0.2) is 0 Å². The van der Waals surface area contributed by atoms with Gasteiger partial charge in [0.25, 0.3) is 0 Å². The second-order valence-electron chi connectivity index (χ2n) is 4.97. The maximum absolute atomic E-state index is 9.39. The van der Waals surface area contributed by atoms with E-state index in [1.807, 2.05) is 6.92 Å². The van der Waals surface area contributed by atoms with Gasteiger partial charge in [0, 0.05) is 31.7 Å². The zero-order chi connectivity index (χ0) is 11.4. The molecule has 3 atom stereocenters. The molecule has 1 fully saturated rings. The molecule has 0 amide bonds. The second-order valence-corrected chi connectivity index (χ2v) is 4.97. The molecule has 0 spiro atoms. The highest BCUT2D eigenvalue weighted by Crippen LogP contribution is 2.15. The summed E-state index contributed by atoms with van der Waals surface area (Å²) in [6.07, 6.45) is 1.92. The van der Waals surface area contributed by atoms with Crippen molar-refractivity contribution < 1.29 is 5.11 Å². The number of hydrogen-bond acceptors (Lipinski definition) is 3. The smallest absolute Gasteiger partial charge is 0.0526 e. The molecule has 1 saturated heterocycles. The minimum atomic E-state index is -0.181. The summed E-state index contributed by atoms with van der Waals surface area (Å²) in [5, 5.41) is 9.39. The van der Waals surface area contributed by atoms with Crippen molar-refractivity contribution in [2.45, 2.75) is 51.8 Å². The lowest BCUT2D eigenvalue weighted by Crippen LogP contribution is -2.54. The molecule has 15 heavy (non-hydrogen) atoms. The summed E-state index contributed by atoms with van der Waals surface area (Å²) in [6, 6.07) is 1.20. The van der Waals surface area contributed by atoms with Crippen LogP contribution in [0.25, 0.3) is 0 Å². The lowest BCUT2D eigenvalue weighted by molar-refractivity contribution is 0.0478. The van der Waals surface area contributed by atoms with Crippen LogP contribution in [0.4, 0.5) is 0 Å². The van der Waals surface area contributed by atoms with Gasteiger partial charge in [-0.15, -0.1) is 0 Å². The topological polar surface area (TPSA) is 26.7 Å². The predicted octanol–water partition coefficient (Wildman–Crippen LogP) is 1.17. The molecule has 90 valence electrons. The second kappa shape index (κ2) is 5.83. The van der Waals surface area contributed by atoms with Crippen LogP contribution in [0.1, 0.15) is 33.6 Å². The van der Waals surface area contributed by atoms with Gasteiger partial charge in [0.15, 0.2) is 0 Å². The van der Waals surface area contributed by atoms with Crippen LogP contribution >= 0.6 is 0 Å². The Balaban J connectivity index is 2.43. The first-order chi connectivity index (χ1) is 7.04. The maximum Gasteiger partial charge on any atom is 0.0526 e. The minimum Gasteiger partial charge on any atom is -0.393 e. The van der Waals surface area contributed by atoms with Gasteiger partial charge in [-0.2, -0.15) is 0 Å². The third-order valence-corrected chi connectivity index (χ3v) is 3.59. The van der Waals surface area contributed by atoms with Crippen molar-refractivity contribution in [2.24, 2.45) is 0 Å². The summed E-state index contributed by atoms with van der Waals surface area (Å²) in [7, 11) is 2.21. The van der Waals surface area contributed by atoms with Crippen molar-refractivity contribution >= 4 is 0 Å². The van der Waals surface area contributed by atoms with Gasteiger partial charge in [0.2, 0.25) is 0 Å². The first-order valence-electron chi connectivity index (χ1n) is 6.17. The third-order valence-electron chi connectivity index (χ3n) is 3.59. The molecule has 0 aromatic carbocycles. The third kappa shape index (κ3) is 3.74. The van der Waals surface area contributed by atoms with Gasteiger partial charge in [0.05, 0.1) is 6.10 Å². The SMILES string of the molecule is CCC1CN(C(C)CC(C)O)CCN1C. The first kappa shape index (κ1) is 12.9. The van der Waals surface area contributed by atoms with Gasteiger partial charge < -0.3 is 10.0 Å². The van der Waals surface area contributed by atoms with Crippen LogP contribution in [0.2, 0.25) is 0 Å². The van der Waals surface area contributed by atoms with Crippen LogP contribution in [0, 0.1) is 0 Å². The quantitative estimate of drug-likeness (QED) is 0.761.